The lowest BCUT2D eigenvalue weighted by Crippen LogP contribution is -2.44. The number of nitrogens with one attached hydrogen (secondary N) is 1. The van der Waals surface area contributed by atoms with Crippen LogP contribution in [0.4, 0.5) is 9.18 Å². The SMILES string of the molecule is CCN(CC1=CC=C2C(C=C1)C21CCCC[C@H]1C(=O)NC(C(N)=O)c1ccc(F)cc1)C(=O)N(C)C. The quantitative estimate of drug-likeness (QED) is 0.605. The van der Waals surface area contributed by atoms with Crippen LogP contribution in [-0.4, -0.2) is 54.8 Å². The normalized spacial score (nSPS) is 25.1. The molecular weight excluding hydrogens is 459 g/mol. The van der Waals surface area contributed by atoms with Gasteiger partial charge in [-0.25, -0.2) is 9.18 Å². The molecule has 4 atom stereocenters. The molecule has 1 spiro atoms. The Morgan fingerprint density at radius 1 is 1.17 bits per heavy atom. The molecule has 2 saturated carbocycles. The second kappa shape index (κ2) is 10.3. The molecule has 8 heteroatoms. The van der Waals surface area contributed by atoms with Gasteiger partial charge in [0.15, 0.2) is 0 Å². The molecule has 4 amide bonds. The van der Waals surface area contributed by atoms with Crippen LogP contribution in [0.5, 0.6) is 0 Å². The minimum Gasteiger partial charge on any atom is -0.368 e. The Bertz CT molecular complexity index is 1120. The fourth-order valence-electron chi connectivity index (χ4n) is 5.87. The average molecular weight is 495 g/mol. The molecule has 36 heavy (non-hydrogen) atoms. The smallest absolute Gasteiger partial charge is 0.319 e. The maximum absolute atomic E-state index is 13.5. The van der Waals surface area contributed by atoms with Gasteiger partial charge >= 0.3 is 6.03 Å². The highest BCUT2D eigenvalue weighted by molar-refractivity contribution is 5.90. The molecule has 0 heterocycles. The van der Waals surface area contributed by atoms with Crippen LogP contribution in [-0.2, 0) is 9.59 Å². The lowest BCUT2D eigenvalue weighted by atomic mass is 9.73. The summed E-state index contributed by atoms with van der Waals surface area (Å²) in [6.45, 7) is 3.10. The van der Waals surface area contributed by atoms with Gasteiger partial charge in [0.05, 0.1) is 0 Å². The highest BCUT2D eigenvalue weighted by Gasteiger charge is 2.64. The summed E-state index contributed by atoms with van der Waals surface area (Å²) in [6, 6.07) is 4.42. The van der Waals surface area contributed by atoms with Gasteiger partial charge in [-0.2, -0.15) is 0 Å². The summed E-state index contributed by atoms with van der Waals surface area (Å²) in [5.41, 5.74) is 8.09. The monoisotopic (exact) mass is 494 g/mol. The van der Waals surface area contributed by atoms with Crippen molar-refractivity contribution in [2.45, 2.75) is 38.6 Å². The van der Waals surface area contributed by atoms with Gasteiger partial charge < -0.3 is 20.9 Å². The van der Waals surface area contributed by atoms with Gasteiger partial charge in [0, 0.05) is 44.4 Å². The molecule has 1 aromatic rings. The van der Waals surface area contributed by atoms with E-state index in [9.17, 15) is 18.8 Å². The van der Waals surface area contributed by atoms with Crippen molar-refractivity contribution in [3.05, 3.63) is 71.1 Å². The molecule has 3 unspecified atom stereocenters. The van der Waals surface area contributed by atoms with Gasteiger partial charge in [-0.05, 0) is 43.0 Å². The number of hydrogen-bond acceptors (Lipinski definition) is 3. The van der Waals surface area contributed by atoms with Gasteiger partial charge in [-0.15, -0.1) is 0 Å². The van der Waals surface area contributed by atoms with Crippen LogP contribution in [0.15, 0.2) is 59.7 Å². The van der Waals surface area contributed by atoms with E-state index in [0.717, 1.165) is 31.3 Å². The minimum atomic E-state index is -1.01. The number of nitrogens with two attached hydrogens (primary N) is 1. The van der Waals surface area contributed by atoms with E-state index in [1.165, 1.54) is 29.8 Å². The predicted molar refractivity (Wildman–Crippen MR) is 136 cm³/mol. The van der Waals surface area contributed by atoms with Crippen LogP contribution in [0.1, 0.15) is 44.2 Å². The van der Waals surface area contributed by atoms with Crippen molar-refractivity contribution in [3.63, 3.8) is 0 Å². The van der Waals surface area contributed by atoms with E-state index in [1.807, 2.05) is 6.92 Å². The lowest BCUT2D eigenvalue weighted by Gasteiger charge is -2.32. The van der Waals surface area contributed by atoms with Crippen LogP contribution in [0.25, 0.3) is 0 Å². The van der Waals surface area contributed by atoms with E-state index in [0.29, 0.717) is 18.7 Å². The molecule has 3 aliphatic carbocycles. The summed E-state index contributed by atoms with van der Waals surface area (Å²) in [7, 11) is 3.49. The number of hydrogen-bond donors (Lipinski definition) is 2. The van der Waals surface area contributed by atoms with E-state index < -0.39 is 17.8 Å². The highest BCUT2D eigenvalue weighted by Crippen LogP contribution is 2.69. The summed E-state index contributed by atoms with van der Waals surface area (Å²) < 4.78 is 13.4. The molecule has 3 aliphatic rings. The van der Waals surface area contributed by atoms with Crippen LogP contribution in [0.2, 0.25) is 0 Å². The number of halogens is 1. The summed E-state index contributed by atoms with van der Waals surface area (Å²) in [6.07, 6.45) is 12.0. The number of nitrogens with zero attached hydrogens (tertiary/aromatic N) is 2. The number of fused-ring (bicyclic) bond motifs is 3. The molecule has 0 aromatic heterocycles. The van der Waals surface area contributed by atoms with Crippen LogP contribution < -0.4 is 11.1 Å². The van der Waals surface area contributed by atoms with Crippen LogP contribution >= 0.6 is 0 Å². The number of benzene rings is 1. The number of urea groups is 1. The molecule has 3 N–H and O–H groups in total. The lowest BCUT2D eigenvalue weighted by molar-refractivity contribution is -0.132. The maximum atomic E-state index is 13.5. The average Bonchev–Trinajstić information content (AvgIpc) is 3.52. The van der Waals surface area contributed by atoms with Gasteiger partial charge in [0.25, 0.3) is 0 Å². The van der Waals surface area contributed by atoms with Crippen molar-refractivity contribution in [1.82, 2.24) is 15.1 Å². The zero-order chi connectivity index (χ0) is 26.0. The molecule has 0 saturated heterocycles. The first-order chi connectivity index (χ1) is 17.2. The summed E-state index contributed by atoms with van der Waals surface area (Å²) in [4.78, 5) is 41.5. The van der Waals surface area contributed by atoms with Gasteiger partial charge in [-0.3, -0.25) is 9.59 Å². The van der Waals surface area contributed by atoms with Crippen molar-refractivity contribution in [3.8, 4) is 0 Å². The number of allylic oxidation sites excluding steroid dienone is 4. The van der Waals surface area contributed by atoms with Gasteiger partial charge in [0.2, 0.25) is 11.8 Å². The Morgan fingerprint density at radius 3 is 2.53 bits per heavy atom. The summed E-state index contributed by atoms with van der Waals surface area (Å²) in [5, 5.41) is 2.86. The fourth-order valence-corrected chi connectivity index (χ4v) is 5.87. The molecule has 192 valence electrons. The first-order valence-electron chi connectivity index (χ1n) is 12.6. The second-order valence-corrected chi connectivity index (χ2v) is 10.1. The molecular formula is C28H35FN4O3. The summed E-state index contributed by atoms with van der Waals surface area (Å²) >= 11 is 0. The zero-order valence-corrected chi connectivity index (χ0v) is 21.2. The van der Waals surface area contributed by atoms with Crippen molar-refractivity contribution in [2.24, 2.45) is 23.0 Å². The van der Waals surface area contributed by atoms with E-state index in [1.54, 1.807) is 23.9 Å². The molecule has 4 rings (SSSR count). The van der Waals surface area contributed by atoms with Crippen LogP contribution in [0.3, 0.4) is 0 Å². The summed E-state index contributed by atoms with van der Waals surface area (Å²) in [5.74, 6) is -1.41. The second-order valence-electron chi connectivity index (χ2n) is 10.1. The van der Waals surface area contributed by atoms with E-state index in [-0.39, 0.29) is 29.2 Å². The van der Waals surface area contributed by atoms with Crippen molar-refractivity contribution in [1.29, 1.82) is 0 Å². The number of amides is 4. The number of rotatable bonds is 7. The Hall–Kier alpha value is -3.42. The van der Waals surface area contributed by atoms with Crippen LogP contribution in [0, 0.1) is 23.1 Å². The Morgan fingerprint density at radius 2 is 1.89 bits per heavy atom. The zero-order valence-electron chi connectivity index (χ0n) is 21.2. The molecule has 0 bridgehead atoms. The van der Waals surface area contributed by atoms with E-state index in [4.69, 9.17) is 5.73 Å². The predicted octanol–water partition coefficient (Wildman–Crippen LogP) is 3.70. The maximum Gasteiger partial charge on any atom is 0.319 e. The molecule has 0 aliphatic heterocycles. The van der Waals surface area contributed by atoms with E-state index >= 15 is 0 Å². The fraction of sp³-hybridized carbons (Fsp3) is 0.464. The third-order valence-electron chi connectivity index (χ3n) is 7.78. The molecule has 0 radical (unpaired) electrons. The van der Waals surface area contributed by atoms with Crippen molar-refractivity contribution < 1.29 is 18.8 Å². The van der Waals surface area contributed by atoms with Gasteiger partial charge in [-0.1, -0.05) is 54.9 Å². The molecule has 1 aromatic carbocycles. The van der Waals surface area contributed by atoms with E-state index in [2.05, 4.69) is 29.6 Å². The Balaban J connectivity index is 1.52. The molecule has 2 fully saturated rings. The minimum absolute atomic E-state index is 0.0282. The Kier molecular flexibility index (Phi) is 7.33. The standard InChI is InChI=1S/C28H35FN4O3/c1-4-33(27(36)32(2)3)17-18-8-14-21-22(15-9-18)28(21)16-6-5-7-23(28)26(35)31-24(25(30)34)19-10-12-20(29)13-11-19/h8-15,21,23-24H,4-7,16-17H2,1-3H3,(H2,30,34)(H,31,35)/t21?,23-,24?,28?/m0/s1. The number of primary amides is 1. The Labute approximate surface area is 211 Å². The first-order valence-corrected chi connectivity index (χ1v) is 12.6. The van der Waals surface area contributed by atoms with Gasteiger partial charge in [0.1, 0.15) is 11.9 Å². The number of carbonyl (C=O) groups excluding carboxylic acids is 3. The third-order valence-corrected chi connectivity index (χ3v) is 7.78. The third kappa shape index (κ3) is 4.81. The van der Waals surface area contributed by atoms with Crippen molar-refractivity contribution >= 4 is 17.8 Å². The number of likely N-dealkylation sites (N-methyl/N-ethyl adjacent to an activating group) is 1. The first kappa shape index (κ1) is 25.7. The number of carbonyl (C=O) groups is 3. The van der Waals surface area contributed by atoms with Crippen molar-refractivity contribution in [2.75, 3.05) is 27.2 Å². The largest absolute Gasteiger partial charge is 0.368 e. The molecule has 7 nitrogen and oxygen atoms in total. The topological polar surface area (TPSA) is 95.7 Å². The highest BCUT2D eigenvalue weighted by atomic mass is 19.1.